The molecule has 0 radical (unpaired) electrons. The minimum Gasteiger partial charge on any atom is -0.480 e. The van der Waals surface area contributed by atoms with Crippen LogP contribution in [0.2, 0.25) is 0 Å². The average molecular weight is 320 g/mol. The number of ether oxygens (including phenoxy) is 1. The molecule has 0 spiro atoms. The number of nitrogens with zero attached hydrogens (tertiary/aromatic N) is 2. The fourth-order valence-electron chi connectivity index (χ4n) is 2.16. The zero-order valence-electron chi connectivity index (χ0n) is 12.8. The average Bonchev–Trinajstić information content (AvgIpc) is 2.95. The van der Waals surface area contributed by atoms with Crippen molar-refractivity contribution in [1.82, 2.24) is 9.88 Å². The van der Waals surface area contributed by atoms with Crippen molar-refractivity contribution in [3.8, 4) is 5.88 Å². The Balaban J connectivity index is 2.21. The summed E-state index contributed by atoms with van der Waals surface area (Å²) < 4.78 is 5.17. The summed E-state index contributed by atoms with van der Waals surface area (Å²) in [5.41, 5.74) is 0.441. The van der Waals surface area contributed by atoms with Gasteiger partial charge in [-0.3, -0.25) is 4.79 Å². The van der Waals surface area contributed by atoms with E-state index in [2.05, 4.69) is 4.98 Å². The van der Waals surface area contributed by atoms with Crippen molar-refractivity contribution in [2.75, 3.05) is 20.3 Å². The van der Waals surface area contributed by atoms with Gasteiger partial charge in [0.15, 0.2) is 0 Å². The number of aliphatic hydroxyl groups is 1. The highest BCUT2D eigenvalue weighted by molar-refractivity contribution is 7.11. The molecule has 2 rings (SSSR count). The Kier molecular flexibility index (Phi) is 5.91. The fraction of sp³-hybridized carbons (Fsp3) is 0.375. The van der Waals surface area contributed by atoms with Gasteiger partial charge >= 0.3 is 0 Å². The van der Waals surface area contributed by atoms with E-state index in [-0.39, 0.29) is 12.5 Å². The van der Waals surface area contributed by atoms with E-state index in [1.165, 1.54) is 12.0 Å². The van der Waals surface area contributed by atoms with Crippen LogP contribution in [0.1, 0.15) is 26.5 Å². The van der Waals surface area contributed by atoms with E-state index in [0.717, 1.165) is 4.88 Å². The van der Waals surface area contributed by atoms with Gasteiger partial charge in [0, 0.05) is 29.1 Å². The van der Waals surface area contributed by atoms with E-state index in [0.29, 0.717) is 31.0 Å². The van der Waals surface area contributed by atoms with Crippen molar-refractivity contribution in [2.24, 2.45) is 0 Å². The summed E-state index contributed by atoms with van der Waals surface area (Å²) >= 11 is 1.67. The summed E-state index contributed by atoms with van der Waals surface area (Å²) in [6, 6.07) is 7.49. The SMILES string of the molecule is COc1ncccc1C(=O)N(CCCO)Cc1ccc(C)s1. The molecule has 0 aliphatic carbocycles. The molecule has 1 amide bonds. The lowest BCUT2D eigenvalue weighted by Crippen LogP contribution is -2.32. The van der Waals surface area contributed by atoms with Crippen LogP contribution in [-0.4, -0.2) is 41.2 Å². The largest absolute Gasteiger partial charge is 0.480 e. The molecule has 2 aromatic rings. The molecule has 0 bridgehead atoms. The van der Waals surface area contributed by atoms with Crippen LogP contribution in [0.25, 0.3) is 0 Å². The Hall–Kier alpha value is -1.92. The van der Waals surface area contributed by atoms with Gasteiger partial charge in [-0.05, 0) is 37.6 Å². The van der Waals surface area contributed by atoms with Gasteiger partial charge in [0.2, 0.25) is 5.88 Å². The maximum atomic E-state index is 12.8. The highest BCUT2D eigenvalue weighted by atomic mass is 32.1. The lowest BCUT2D eigenvalue weighted by Gasteiger charge is -2.22. The summed E-state index contributed by atoms with van der Waals surface area (Å²) in [4.78, 5) is 20.9. The lowest BCUT2D eigenvalue weighted by molar-refractivity contribution is 0.0729. The van der Waals surface area contributed by atoms with Crippen molar-refractivity contribution in [1.29, 1.82) is 0 Å². The maximum Gasteiger partial charge on any atom is 0.259 e. The monoisotopic (exact) mass is 320 g/mol. The second kappa shape index (κ2) is 7.91. The molecule has 2 aromatic heterocycles. The Labute approximate surface area is 134 Å². The number of hydrogen-bond acceptors (Lipinski definition) is 5. The molecule has 0 unspecified atom stereocenters. The first-order valence-electron chi connectivity index (χ1n) is 7.10. The molecule has 0 aliphatic rings. The third kappa shape index (κ3) is 4.05. The Morgan fingerprint density at radius 2 is 2.23 bits per heavy atom. The molecule has 0 atom stereocenters. The van der Waals surface area contributed by atoms with Gasteiger partial charge in [0.05, 0.1) is 13.7 Å². The predicted octanol–water partition coefficient (Wildman–Crippen LogP) is 2.48. The van der Waals surface area contributed by atoms with Gasteiger partial charge in [-0.15, -0.1) is 11.3 Å². The lowest BCUT2D eigenvalue weighted by atomic mass is 10.2. The molecule has 0 saturated heterocycles. The molecule has 0 aromatic carbocycles. The van der Waals surface area contributed by atoms with Gasteiger partial charge < -0.3 is 14.7 Å². The number of amides is 1. The van der Waals surface area contributed by atoms with Gasteiger partial charge in [-0.1, -0.05) is 0 Å². The number of aromatic nitrogens is 1. The van der Waals surface area contributed by atoms with Crippen molar-refractivity contribution < 1.29 is 14.6 Å². The minimum atomic E-state index is -0.135. The fourth-order valence-corrected chi connectivity index (χ4v) is 3.06. The molecule has 22 heavy (non-hydrogen) atoms. The summed E-state index contributed by atoms with van der Waals surface area (Å²) in [6.45, 7) is 3.11. The van der Waals surface area contributed by atoms with E-state index in [1.54, 1.807) is 34.6 Å². The van der Waals surface area contributed by atoms with Crippen LogP contribution < -0.4 is 4.74 Å². The van der Waals surface area contributed by atoms with Crippen LogP contribution in [0.3, 0.4) is 0 Å². The minimum absolute atomic E-state index is 0.0530. The van der Waals surface area contributed by atoms with Gasteiger partial charge in [0.1, 0.15) is 5.56 Å². The van der Waals surface area contributed by atoms with Crippen molar-refractivity contribution in [2.45, 2.75) is 19.9 Å². The van der Waals surface area contributed by atoms with Crippen molar-refractivity contribution in [3.05, 3.63) is 45.8 Å². The summed E-state index contributed by atoms with van der Waals surface area (Å²) in [7, 11) is 1.50. The highest BCUT2D eigenvalue weighted by Crippen LogP contribution is 2.21. The second-order valence-electron chi connectivity index (χ2n) is 4.88. The van der Waals surface area contributed by atoms with Crippen LogP contribution in [0, 0.1) is 6.92 Å². The van der Waals surface area contributed by atoms with Crippen LogP contribution in [-0.2, 0) is 6.54 Å². The molecule has 0 saturated carbocycles. The number of methoxy groups -OCH3 is 1. The number of carbonyl (C=O) groups excluding carboxylic acids is 1. The van der Waals surface area contributed by atoms with Crippen LogP contribution >= 0.6 is 11.3 Å². The van der Waals surface area contributed by atoms with Gasteiger partial charge in [-0.2, -0.15) is 0 Å². The molecule has 0 aliphatic heterocycles. The van der Waals surface area contributed by atoms with E-state index < -0.39 is 0 Å². The standard InChI is InChI=1S/C16H20N2O3S/c1-12-6-7-13(22-12)11-18(9-4-10-19)16(20)14-5-3-8-17-15(14)21-2/h3,5-8,19H,4,9-11H2,1-2H3. The van der Waals surface area contributed by atoms with Crippen LogP contribution in [0.5, 0.6) is 5.88 Å². The number of rotatable bonds is 7. The Bertz CT molecular complexity index is 627. The van der Waals surface area contributed by atoms with E-state index in [4.69, 9.17) is 9.84 Å². The van der Waals surface area contributed by atoms with E-state index >= 15 is 0 Å². The van der Waals surface area contributed by atoms with Gasteiger partial charge in [0.25, 0.3) is 5.91 Å². The summed E-state index contributed by atoms with van der Waals surface area (Å²) in [6.07, 6.45) is 2.13. The molecule has 6 heteroatoms. The maximum absolute atomic E-state index is 12.8. The zero-order valence-corrected chi connectivity index (χ0v) is 13.6. The number of aliphatic hydroxyl groups excluding tert-OH is 1. The van der Waals surface area contributed by atoms with E-state index in [1.807, 2.05) is 19.1 Å². The second-order valence-corrected chi connectivity index (χ2v) is 6.25. The zero-order chi connectivity index (χ0) is 15.9. The number of carbonyl (C=O) groups is 1. The third-order valence-corrected chi connectivity index (χ3v) is 4.20. The van der Waals surface area contributed by atoms with E-state index in [9.17, 15) is 4.79 Å². The molecular formula is C16H20N2O3S. The Morgan fingerprint density at radius 3 is 2.86 bits per heavy atom. The molecule has 2 heterocycles. The van der Waals surface area contributed by atoms with Crippen LogP contribution in [0.15, 0.2) is 30.5 Å². The molecule has 0 fully saturated rings. The molecule has 118 valence electrons. The third-order valence-electron chi connectivity index (χ3n) is 3.21. The number of hydrogen-bond donors (Lipinski definition) is 1. The first kappa shape index (κ1) is 16.5. The normalized spacial score (nSPS) is 10.5. The Morgan fingerprint density at radius 1 is 1.41 bits per heavy atom. The topological polar surface area (TPSA) is 62.7 Å². The summed E-state index contributed by atoms with van der Waals surface area (Å²) in [5, 5.41) is 9.07. The number of pyridine rings is 1. The first-order valence-corrected chi connectivity index (χ1v) is 7.91. The smallest absolute Gasteiger partial charge is 0.259 e. The molecular weight excluding hydrogens is 300 g/mol. The van der Waals surface area contributed by atoms with Crippen molar-refractivity contribution in [3.63, 3.8) is 0 Å². The van der Waals surface area contributed by atoms with Crippen molar-refractivity contribution >= 4 is 17.2 Å². The first-order chi connectivity index (χ1) is 10.7. The molecule has 5 nitrogen and oxygen atoms in total. The van der Waals surface area contributed by atoms with Gasteiger partial charge in [-0.25, -0.2) is 4.98 Å². The summed E-state index contributed by atoms with van der Waals surface area (Å²) in [5.74, 6) is 0.188. The number of thiophene rings is 1. The number of aryl methyl sites for hydroxylation is 1. The van der Waals surface area contributed by atoms with Crippen LogP contribution in [0.4, 0.5) is 0 Å². The quantitative estimate of drug-likeness (QED) is 0.851. The predicted molar refractivity (Wildman–Crippen MR) is 86.3 cm³/mol. The highest BCUT2D eigenvalue weighted by Gasteiger charge is 2.20. The molecule has 1 N–H and O–H groups in total.